The van der Waals surface area contributed by atoms with Crippen LogP contribution in [-0.2, 0) is 4.79 Å². The predicted octanol–water partition coefficient (Wildman–Crippen LogP) is 1.52. The van der Waals surface area contributed by atoms with Crippen molar-refractivity contribution < 1.29 is 14.4 Å². The number of benzene rings is 1. The second-order valence-corrected chi connectivity index (χ2v) is 5.98. The summed E-state index contributed by atoms with van der Waals surface area (Å²) in [7, 11) is 0. The zero-order valence-electron chi connectivity index (χ0n) is 14.2. The van der Waals surface area contributed by atoms with Crippen LogP contribution in [0.5, 0.6) is 0 Å². The van der Waals surface area contributed by atoms with Gasteiger partial charge in [-0.2, -0.15) is 0 Å². The van der Waals surface area contributed by atoms with Gasteiger partial charge in [-0.3, -0.25) is 14.4 Å². The zero-order valence-corrected chi connectivity index (χ0v) is 14.2. The summed E-state index contributed by atoms with van der Waals surface area (Å²) in [5, 5.41) is 2.88. The average Bonchev–Trinajstić information content (AvgIpc) is 2.64. The molecule has 130 valence electrons. The van der Waals surface area contributed by atoms with Gasteiger partial charge in [0, 0.05) is 43.9 Å². The number of rotatable bonds is 7. The number of hydrogen-bond donors (Lipinski definition) is 1. The highest BCUT2D eigenvalue weighted by Gasteiger charge is 2.21. The van der Waals surface area contributed by atoms with Crippen LogP contribution in [0.15, 0.2) is 24.3 Å². The number of unbranched alkanes of at least 4 members (excludes halogenated alkanes) is 2. The monoisotopic (exact) mass is 331 g/mol. The first-order chi connectivity index (χ1) is 11.7. The Morgan fingerprint density at radius 3 is 2.50 bits per heavy atom. The summed E-state index contributed by atoms with van der Waals surface area (Å²) in [6, 6.07) is 6.82. The summed E-state index contributed by atoms with van der Waals surface area (Å²) in [6.45, 7) is 4.90. The van der Waals surface area contributed by atoms with Crippen molar-refractivity contribution in [3.63, 3.8) is 0 Å². The third-order valence-corrected chi connectivity index (χ3v) is 4.19. The van der Waals surface area contributed by atoms with Crippen LogP contribution in [0, 0.1) is 0 Å². The van der Waals surface area contributed by atoms with Crippen molar-refractivity contribution in [1.82, 2.24) is 15.1 Å². The predicted molar refractivity (Wildman–Crippen MR) is 91.8 cm³/mol. The Bertz CT molecular complexity index is 581. The van der Waals surface area contributed by atoms with E-state index in [4.69, 9.17) is 0 Å². The molecule has 0 aromatic heterocycles. The van der Waals surface area contributed by atoms with Gasteiger partial charge in [-0.25, -0.2) is 0 Å². The van der Waals surface area contributed by atoms with Gasteiger partial charge in [0.25, 0.3) is 11.8 Å². The molecule has 2 rings (SSSR count). The van der Waals surface area contributed by atoms with Gasteiger partial charge >= 0.3 is 0 Å². The Labute approximate surface area is 142 Å². The number of hydrogen-bond acceptors (Lipinski definition) is 3. The first kappa shape index (κ1) is 18.0. The Balaban J connectivity index is 1.95. The van der Waals surface area contributed by atoms with Gasteiger partial charge < -0.3 is 15.1 Å². The Kier molecular flexibility index (Phi) is 6.78. The second kappa shape index (κ2) is 9.05. The SMILES string of the molecule is CCCCCNC(=O)c1cccc(C(=O)N2CCN(C=O)CC2)c1. The molecule has 3 amide bonds. The molecule has 1 aliphatic heterocycles. The molecule has 0 spiro atoms. The zero-order chi connectivity index (χ0) is 17.4. The topological polar surface area (TPSA) is 69.7 Å². The van der Waals surface area contributed by atoms with Crippen LogP contribution in [0.2, 0.25) is 0 Å². The van der Waals surface area contributed by atoms with Crippen molar-refractivity contribution in [1.29, 1.82) is 0 Å². The lowest BCUT2D eigenvalue weighted by Crippen LogP contribution is -2.48. The van der Waals surface area contributed by atoms with Crippen molar-refractivity contribution in [3.05, 3.63) is 35.4 Å². The number of carbonyl (C=O) groups is 3. The molecule has 0 bridgehead atoms. The van der Waals surface area contributed by atoms with Gasteiger partial charge in [-0.1, -0.05) is 25.8 Å². The van der Waals surface area contributed by atoms with Crippen molar-refractivity contribution in [2.75, 3.05) is 32.7 Å². The van der Waals surface area contributed by atoms with E-state index in [0.29, 0.717) is 43.9 Å². The van der Waals surface area contributed by atoms with Crippen LogP contribution >= 0.6 is 0 Å². The normalized spacial score (nSPS) is 14.4. The lowest BCUT2D eigenvalue weighted by atomic mass is 10.1. The Hall–Kier alpha value is -2.37. The standard InChI is InChI=1S/C18H25N3O3/c1-2-3-4-8-19-17(23)15-6-5-7-16(13-15)18(24)21-11-9-20(14-22)10-12-21/h5-7,13-14H,2-4,8-12H2,1H3,(H,19,23). The van der Waals surface area contributed by atoms with E-state index in [1.807, 2.05) is 0 Å². The summed E-state index contributed by atoms with van der Waals surface area (Å²) >= 11 is 0. The lowest BCUT2D eigenvalue weighted by Gasteiger charge is -2.32. The molecule has 1 aliphatic rings. The van der Waals surface area contributed by atoms with E-state index in [1.165, 1.54) is 0 Å². The molecule has 0 atom stereocenters. The van der Waals surface area contributed by atoms with Gasteiger partial charge in [0.15, 0.2) is 0 Å². The molecule has 24 heavy (non-hydrogen) atoms. The number of nitrogens with one attached hydrogen (secondary N) is 1. The summed E-state index contributed by atoms with van der Waals surface area (Å²) in [5.41, 5.74) is 1.01. The first-order valence-corrected chi connectivity index (χ1v) is 8.52. The van der Waals surface area contributed by atoms with Crippen LogP contribution in [-0.4, -0.2) is 60.7 Å². The number of piperazine rings is 1. The fourth-order valence-electron chi connectivity index (χ4n) is 2.69. The molecule has 0 saturated carbocycles. The maximum atomic E-state index is 12.6. The summed E-state index contributed by atoms with van der Waals surface area (Å²) in [6.07, 6.45) is 3.97. The summed E-state index contributed by atoms with van der Waals surface area (Å²) in [4.78, 5) is 38.8. The van der Waals surface area contributed by atoms with Crippen LogP contribution < -0.4 is 5.32 Å². The summed E-state index contributed by atoms with van der Waals surface area (Å²) < 4.78 is 0. The van der Waals surface area contributed by atoms with E-state index in [1.54, 1.807) is 34.1 Å². The average molecular weight is 331 g/mol. The molecule has 1 aromatic rings. The van der Waals surface area contributed by atoms with Crippen molar-refractivity contribution in [2.45, 2.75) is 26.2 Å². The van der Waals surface area contributed by atoms with E-state index in [9.17, 15) is 14.4 Å². The highest BCUT2D eigenvalue weighted by Crippen LogP contribution is 2.11. The third-order valence-electron chi connectivity index (χ3n) is 4.19. The molecule has 1 fully saturated rings. The summed E-state index contributed by atoms with van der Waals surface area (Å²) in [5.74, 6) is -0.243. The molecular formula is C18H25N3O3. The smallest absolute Gasteiger partial charge is 0.253 e. The van der Waals surface area contributed by atoms with Gasteiger partial charge in [0.05, 0.1) is 0 Å². The fraction of sp³-hybridized carbons (Fsp3) is 0.500. The van der Waals surface area contributed by atoms with Crippen molar-refractivity contribution >= 4 is 18.2 Å². The third kappa shape index (κ3) is 4.81. The van der Waals surface area contributed by atoms with Gasteiger partial charge in [0.2, 0.25) is 6.41 Å². The first-order valence-electron chi connectivity index (χ1n) is 8.52. The molecule has 1 heterocycles. The van der Waals surface area contributed by atoms with Gasteiger partial charge in [-0.15, -0.1) is 0 Å². The molecule has 0 radical (unpaired) electrons. The quantitative estimate of drug-likeness (QED) is 0.608. The molecule has 1 N–H and O–H groups in total. The molecule has 1 aromatic carbocycles. The van der Waals surface area contributed by atoms with Crippen molar-refractivity contribution in [2.24, 2.45) is 0 Å². The highest BCUT2D eigenvalue weighted by atomic mass is 16.2. The molecule has 1 saturated heterocycles. The van der Waals surface area contributed by atoms with E-state index in [-0.39, 0.29) is 11.8 Å². The van der Waals surface area contributed by atoms with Crippen LogP contribution in [0.25, 0.3) is 0 Å². The van der Waals surface area contributed by atoms with E-state index >= 15 is 0 Å². The maximum Gasteiger partial charge on any atom is 0.253 e. The minimum Gasteiger partial charge on any atom is -0.352 e. The van der Waals surface area contributed by atoms with Crippen LogP contribution in [0.3, 0.4) is 0 Å². The molecular weight excluding hydrogens is 306 g/mol. The minimum atomic E-state index is -0.147. The number of carbonyl (C=O) groups excluding carboxylic acids is 3. The number of amides is 3. The van der Waals surface area contributed by atoms with Crippen molar-refractivity contribution in [3.8, 4) is 0 Å². The molecule has 0 unspecified atom stereocenters. The Morgan fingerprint density at radius 2 is 1.83 bits per heavy atom. The van der Waals surface area contributed by atoms with Crippen LogP contribution in [0.4, 0.5) is 0 Å². The highest BCUT2D eigenvalue weighted by molar-refractivity contribution is 5.99. The van der Waals surface area contributed by atoms with Gasteiger partial charge in [0.1, 0.15) is 0 Å². The fourth-order valence-corrected chi connectivity index (χ4v) is 2.69. The molecule has 6 nitrogen and oxygen atoms in total. The maximum absolute atomic E-state index is 12.6. The number of nitrogens with zero attached hydrogens (tertiary/aromatic N) is 2. The van der Waals surface area contributed by atoms with Crippen LogP contribution in [0.1, 0.15) is 46.9 Å². The largest absolute Gasteiger partial charge is 0.352 e. The molecule has 0 aliphatic carbocycles. The van der Waals surface area contributed by atoms with E-state index in [0.717, 1.165) is 25.7 Å². The molecule has 6 heteroatoms. The second-order valence-electron chi connectivity index (χ2n) is 5.98. The van der Waals surface area contributed by atoms with Gasteiger partial charge in [-0.05, 0) is 24.6 Å². The van der Waals surface area contributed by atoms with E-state index in [2.05, 4.69) is 12.2 Å². The lowest BCUT2D eigenvalue weighted by molar-refractivity contribution is -0.119. The van der Waals surface area contributed by atoms with E-state index < -0.39 is 0 Å². The Morgan fingerprint density at radius 1 is 1.12 bits per heavy atom. The minimum absolute atomic E-state index is 0.0961.